The monoisotopic (exact) mass is 289 g/mol. The van der Waals surface area contributed by atoms with Crippen LogP contribution in [0, 0.1) is 6.92 Å². The number of aryl methyl sites for hydroxylation is 1. The van der Waals surface area contributed by atoms with Gasteiger partial charge in [0.25, 0.3) is 5.91 Å². The second-order valence-electron chi connectivity index (χ2n) is 5.08. The summed E-state index contributed by atoms with van der Waals surface area (Å²) < 4.78 is 0. The largest absolute Gasteiger partial charge is 0.356 e. The minimum Gasteiger partial charge on any atom is -0.356 e. The molecule has 1 atom stereocenters. The van der Waals surface area contributed by atoms with Gasteiger partial charge in [-0.15, -0.1) is 0 Å². The second-order valence-corrected chi connectivity index (χ2v) is 5.08. The van der Waals surface area contributed by atoms with Crippen LogP contribution in [0.1, 0.15) is 24.0 Å². The van der Waals surface area contributed by atoms with Crippen LogP contribution in [0.4, 0.5) is 4.79 Å². The van der Waals surface area contributed by atoms with E-state index in [0.29, 0.717) is 13.0 Å². The van der Waals surface area contributed by atoms with E-state index >= 15 is 0 Å². The van der Waals surface area contributed by atoms with Crippen molar-refractivity contribution < 1.29 is 14.4 Å². The highest BCUT2D eigenvalue weighted by molar-refractivity contribution is 6.04. The van der Waals surface area contributed by atoms with E-state index in [1.165, 1.54) is 11.1 Å². The van der Waals surface area contributed by atoms with Gasteiger partial charge >= 0.3 is 6.03 Å². The number of imide groups is 1. The maximum absolute atomic E-state index is 11.7. The van der Waals surface area contributed by atoms with Gasteiger partial charge < -0.3 is 10.6 Å². The molecular weight excluding hydrogens is 270 g/mol. The Morgan fingerprint density at radius 2 is 2.05 bits per heavy atom. The fraction of sp³-hybridized carbons (Fsp3) is 0.400. The van der Waals surface area contributed by atoms with Gasteiger partial charge in [-0.2, -0.15) is 0 Å². The minimum absolute atomic E-state index is 0.113. The van der Waals surface area contributed by atoms with E-state index < -0.39 is 12.1 Å². The molecule has 21 heavy (non-hydrogen) atoms. The average Bonchev–Trinajstić information content (AvgIpc) is 2.77. The summed E-state index contributed by atoms with van der Waals surface area (Å²) in [7, 11) is 0. The molecule has 1 unspecified atom stereocenters. The predicted octanol–water partition coefficient (Wildman–Crippen LogP) is 0.642. The van der Waals surface area contributed by atoms with Crippen LogP contribution in [0.5, 0.6) is 0 Å². The Kier molecular flexibility index (Phi) is 4.92. The molecule has 0 radical (unpaired) electrons. The first-order chi connectivity index (χ1) is 10.1. The Hall–Kier alpha value is -2.37. The zero-order valence-corrected chi connectivity index (χ0v) is 11.9. The summed E-state index contributed by atoms with van der Waals surface area (Å²) in [5, 5.41) is 7.43. The first-order valence-corrected chi connectivity index (χ1v) is 6.99. The van der Waals surface area contributed by atoms with Crippen LogP contribution in [0.2, 0.25) is 0 Å². The van der Waals surface area contributed by atoms with Gasteiger partial charge in [-0.1, -0.05) is 24.3 Å². The quantitative estimate of drug-likeness (QED) is 0.672. The SMILES string of the molecule is Cc1ccccc1CCNC(=O)CCC1NC(=O)NC1=O. The zero-order chi connectivity index (χ0) is 15.2. The normalized spacial score (nSPS) is 17.3. The number of urea groups is 1. The van der Waals surface area contributed by atoms with Gasteiger partial charge in [-0.3, -0.25) is 14.9 Å². The van der Waals surface area contributed by atoms with Crippen LogP contribution in [0.25, 0.3) is 0 Å². The number of hydrogen-bond acceptors (Lipinski definition) is 3. The van der Waals surface area contributed by atoms with Gasteiger partial charge in [0.1, 0.15) is 6.04 Å². The minimum atomic E-state index is -0.598. The van der Waals surface area contributed by atoms with Gasteiger partial charge in [0, 0.05) is 13.0 Å². The molecule has 1 fully saturated rings. The Balaban J connectivity index is 1.67. The number of nitrogens with one attached hydrogen (secondary N) is 3. The Labute approximate surface area is 123 Å². The fourth-order valence-electron chi connectivity index (χ4n) is 2.25. The van der Waals surface area contributed by atoms with Crippen molar-refractivity contribution in [3.05, 3.63) is 35.4 Å². The molecule has 2 rings (SSSR count). The molecule has 0 aliphatic carbocycles. The molecule has 4 amide bonds. The summed E-state index contributed by atoms with van der Waals surface area (Å²) in [5.74, 6) is -0.481. The molecule has 3 N–H and O–H groups in total. The third kappa shape index (κ3) is 4.30. The topological polar surface area (TPSA) is 87.3 Å². The number of hydrogen-bond donors (Lipinski definition) is 3. The van der Waals surface area contributed by atoms with Gasteiger partial charge in [-0.25, -0.2) is 4.79 Å². The van der Waals surface area contributed by atoms with Crippen LogP contribution in [0.15, 0.2) is 24.3 Å². The lowest BCUT2D eigenvalue weighted by atomic mass is 10.1. The summed E-state index contributed by atoms with van der Waals surface area (Å²) in [6.45, 7) is 2.60. The van der Waals surface area contributed by atoms with Gasteiger partial charge in [-0.05, 0) is 30.9 Å². The number of amides is 4. The number of rotatable bonds is 6. The Morgan fingerprint density at radius 3 is 2.71 bits per heavy atom. The van der Waals surface area contributed by atoms with Crippen molar-refractivity contribution in [2.45, 2.75) is 32.2 Å². The molecule has 0 saturated carbocycles. The fourth-order valence-corrected chi connectivity index (χ4v) is 2.25. The lowest BCUT2D eigenvalue weighted by molar-refractivity contribution is -0.122. The van der Waals surface area contributed by atoms with E-state index in [9.17, 15) is 14.4 Å². The van der Waals surface area contributed by atoms with E-state index in [4.69, 9.17) is 0 Å². The van der Waals surface area contributed by atoms with E-state index in [0.717, 1.165) is 6.42 Å². The summed E-state index contributed by atoms with van der Waals surface area (Å²) in [5.41, 5.74) is 2.41. The second kappa shape index (κ2) is 6.88. The standard InChI is InChI=1S/C15H19N3O3/c1-10-4-2-3-5-11(10)8-9-16-13(19)7-6-12-14(20)18-15(21)17-12/h2-5,12H,6-9H2,1H3,(H,16,19)(H2,17,18,20,21). The molecule has 1 aliphatic heterocycles. The molecule has 1 saturated heterocycles. The highest BCUT2D eigenvalue weighted by Gasteiger charge is 2.29. The number of carbonyl (C=O) groups excluding carboxylic acids is 3. The summed E-state index contributed by atoms with van der Waals surface area (Å²) >= 11 is 0. The van der Waals surface area contributed by atoms with Crippen LogP contribution < -0.4 is 16.0 Å². The summed E-state index contributed by atoms with van der Waals surface area (Å²) in [4.78, 5) is 33.9. The summed E-state index contributed by atoms with van der Waals surface area (Å²) in [6.07, 6.45) is 1.30. The molecule has 0 bridgehead atoms. The molecule has 1 aromatic rings. The molecule has 6 heteroatoms. The highest BCUT2D eigenvalue weighted by atomic mass is 16.2. The number of benzene rings is 1. The lowest BCUT2D eigenvalue weighted by Crippen LogP contribution is -2.32. The van der Waals surface area contributed by atoms with E-state index in [1.807, 2.05) is 31.2 Å². The molecule has 1 heterocycles. The van der Waals surface area contributed by atoms with Crippen molar-refractivity contribution in [2.75, 3.05) is 6.54 Å². The van der Waals surface area contributed by atoms with Gasteiger partial charge in [0.15, 0.2) is 0 Å². The summed E-state index contributed by atoms with van der Waals surface area (Å²) in [6, 6.07) is 6.95. The first kappa shape index (κ1) is 15.0. The van der Waals surface area contributed by atoms with Crippen molar-refractivity contribution in [3.63, 3.8) is 0 Å². The van der Waals surface area contributed by atoms with E-state index in [-0.39, 0.29) is 18.2 Å². The lowest BCUT2D eigenvalue weighted by Gasteiger charge is -2.09. The number of carbonyl (C=O) groups is 3. The van der Waals surface area contributed by atoms with Gasteiger partial charge in [0.05, 0.1) is 0 Å². The van der Waals surface area contributed by atoms with Crippen LogP contribution in [0.3, 0.4) is 0 Å². The average molecular weight is 289 g/mol. The predicted molar refractivity (Wildman–Crippen MR) is 77.6 cm³/mol. The Morgan fingerprint density at radius 1 is 1.29 bits per heavy atom. The van der Waals surface area contributed by atoms with Gasteiger partial charge in [0.2, 0.25) is 5.91 Å². The smallest absolute Gasteiger partial charge is 0.322 e. The first-order valence-electron chi connectivity index (χ1n) is 6.99. The molecule has 6 nitrogen and oxygen atoms in total. The highest BCUT2D eigenvalue weighted by Crippen LogP contribution is 2.07. The molecule has 0 aromatic heterocycles. The third-order valence-electron chi connectivity index (χ3n) is 3.50. The van der Waals surface area contributed by atoms with Crippen LogP contribution >= 0.6 is 0 Å². The van der Waals surface area contributed by atoms with Crippen molar-refractivity contribution >= 4 is 17.8 Å². The van der Waals surface area contributed by atoms with Crippen molar-refractivity contribution in [2.24, 2.45) is 0 Å². The van der Waals surface area contributed by atoms with E-state index in [1.54, 1.807) is 0 Å². The molecule has 0 spiro atoms. The Bertz CT molecular complexity index is 557. The molecule has 1 aromatic carbocycles. The molecule has 112 valence electrons. The maximum Gasteiger partial charge on any atom is 0.322 e. The molecular formula is C15H19N3O3. The van der Waals surface area contributed by atoms with Crippen molar-refractivity contribution in [3.8, 4) is 0 Å². The third-order valence-corrected chi connectivity index (χ3v) is 3.50. The zero-order valence-electron chi connectivity index (χ0n) is 11.9. The van der Waals surface area contributed by atoms with Crippen LogP contribution in [-0.2, 0) is 16.0 Å². The maximum atomic E-state index is 11.7. The van der Waals surface area contributed by atoms with Crippen molar-refractivity contribution in [1.82, 2.24) is 16.0 Å². The van der Waals surface area contributed by atoms with E-state index in [2.05, 4.69) is 16.0 Å². The van der Waals surface area contributed by atoms with Crippen molar-refractivity contribution in [1.29, 1.82) is 0 Å². The van der Waals surface area contributed by atoms with Crippen LogP contribution in [-0.4, -0.2) is 30.4 Å². The molecule has 1 aliphatic rings.